The van der Waals surface area contributed by atoms with Gasteiger partial charge in [-0.25, -0.2) is 0 Å². The first-order valence-corrected chi connectivity index (χ1v) is 7.91. The second kappa shape index (κ2) is 5.59. The number of rotatable bonds is 2. The second-order valence-electron chi connectivity index (χ2n) is 4.60. The molecule has 0 unspecified atom stereocenters. The molecule has 6 heteroatoms. The van der Waals surface area contributed by atoms with Crippen LogP contribution in [0.4, 0.5) is 5.69 Å². The molecule has 0 N–H and O–H groups in total. The van der Waals surface area contributed by atoms with Gasteiger partial charge in [-0.3, -0.25) is 14.5 Å². The van der Waals surface area contributed by atoms with Gasteiger partial charge in [0, 0.05) is 3.57 Å². The molecule has 2 aromatic rings. The van der Waals surface area contributed by atoms with E-state index in [1.807, 2.05) is 24.3 Å². The van der Waals surface area contributed by atoms with E-state index in [0.29, 0.717) is 10.7 Å². The SMILES string of the molecule is O=C1C(=O)N(Cc2ccc(I)cc2)c2c(Cl)ccc(Cl)c21. The highest BCUT2D eigenvalue weighted by atomic mass is 127. The van der Waals surface area contributed by atoms with Gasteiger partial charge in [0.2, 0.25) is 0 Å². The summed E-state index contributed by atoms with van der Waals surface area (Å²) >= 11 is 14.4. The lowest BCUT2D eigenvalue weighted by Crippen LogP contribution is -2.29. The number of carbonyl (C=O) groups is 2. The summed E-state index contributed by atoms with van der Waals surface area (Å²) in [6, 6.07) is 10.8. The maximum atomic E-state index is 12.2. The Hall–Kier alpha value is -1.11. The molecule has 0 saturated carbocycles. The van der Waals surface area contributed by atoms with E-state index in [2.05, 4.69) is 22.6 Å². The van der Waals surface area contributed by atoms with Crippen LogP contribution in [0.1, 0.15) is 15.9 Å². The van der Waals surface area contributed by atoms with Crippen molar-refractivity contribution in [3.8, 4) is 0 Å². The average molecular weight is 432 g/mol. The molecule has 0 saturated heterocycles. The number of hydrogen-bond donors (Lipinski definition) is 0. The smallest absolute Gasteiger partial charge is 0.299 e. The fourth-order valence-corrected chi connectivity index (χ4v) is 3.13. The summed E-state index contributed by atoms with van der Waals surface area (Å²) in [5.41, 5.74) is 1.51. The molecule has 0 radical (unpaired) electrons. The maximum Gasteiger partial charge on any atom is 0.299 e. The van der Waals surface area contributed by atoms with Crippen molar-refractivity contribution in [2.24, 2.45) is 0 Å². The minimum atomic E-state index is -0.608. The lowest BCUT2D eigenvalue weighted by molar-refractivity contribution is -0.114. The van der Waals surface area contributed by atoms with Gasteiger partial charge < -0.3 is 0 Å². The van der Waals surface area contributed by atoms with Crippen molar-refractivity contribution in [3.63, 3.8) is 0 Å². The number of benzene rings is 2. The fourth-order valence-electron chi connectivity index (χ4n) is 2.28. The number of amides is 1. The summed E-state index contributed by atoms with van der Waals surface area (Å²) in [5, 5.41) is 0.594. The molecule has 0 fully saturated rings. The zero-order valence-corrected chi connectivity index (χ0v) is 14.2. The van der Waals surface area contributed by atoms with Crippen molar-refractivity contribution in [3.05, 3.63) is 61.1 Å². The Balaban J connectivity index is 2.05. The molecular weight excluding hydrogens is 424 g/mol. The molecule has 0 atom stereocenters. The van der Waals surface area contributed by atoms with Crippen LogP contribution in [0, 0.1) is 3.57 Å². The van der Waals surface area contributed by atoms with E-state index in [0.717, 1.165) is 9.13 Å². The Bertz CT molecular complexity index is 759. The van der Waals surface area contributed by atoms with Gasteiger partial charge in [0.15, 0.2) is 0 Å². The Labute approximate surface area is 145 Å². The molecule has 3 rings (SSSR count). The zero-order chi connectivity index (χ0) is 15.1. The molecule has 1 aliphatic rings. The molecule has 3 nitrogen and oxygen atoms in total. The highest BCUT2D eigenvalue weighted by Gasteiger charge is 2.39. The normalized spacial score (nSPS) is 13.8. The number of hydrogen-bond acceptors (Lipinski definition) is 2. The van der Waals surface area contributed by atoms with Crippen molar-refractivity contribution in [1.82, 2.24) is 0 Å². The standard InChI is InChI=1S/C15H8Cl2INO2/c16-10-5-6-11(17)13-12(10)14(20)15(21)19(13)7-8-1-3-9(18)4-2-8/h1-6H,7H2. The lowest BCUT2D eigenvalue weighted by Gasteiger charge is -2.18. The Morgan fingerprint density at radius 2 is 1.57 bits per heavy atom. The predicted octanol–water partition coefficient (Wildman–Crippen LogP) is 4.33. The van der Waals surface area contributed by atoms with Crippen LogP contribution < -0.4 is 4.90 Å². The molecule has 1 heterocycles. The third-order valence-electron chi connectivity index (χ3n) is 3.27. The second-order valence-corrected chi connectivity index (χ2v) is 6.66. The summed E-state index contributed by atoms with van der Waals surface area (Å²) < 4.78 is 1.10. The van der Waals surface area contributed by atoms with Gasteiger partial charge in [-0.2, -0.15) is 0 Å². The molecule has 0 aromatic heterocycles. The zero-order valence-electron chi connectivity index (χ0n) is 10.6. The Morgan fingerprint density at radius 3 is 2.24 bits per heavy atom. The minimum absolute atomic E-state index is 0.194. The van der Waals surface area contributed by atoms with Gasteiger partial charge in [0.05, 0.1) is 27.8 Å². The van der Waals surface area contributed by atoms with E-state index in [9.17, 15) is 9.59 Å². The van der Waals surface area contributed by atoms with E-state index in [1.165, 1.54) is 11.0 Å². The van der Waals surface area contributed by atoms with Crippen molar-refractivity contribution in [1.29, 1.82) is 0 Å². The monoisotopic (exact) mass is 431 g/mol. The Kier molecular flexibility index (Phi) is 3.94. The van der Waals surface area contributed by atoms with Gasteiger partial charge in [-0.1, -0.05) is 35.3 Å². The lowest BCUT2D eigenvalue weighted by atomic mass is 10.1. The van der Waals surface area contributed by atoms with Crippen LogP contribution >= 0.6 is 45.8 Å². The molecule has 21 heavy (non-hydrogen) atoms. The first kappa shape index (κ1) is 14.8. The first-order chi connectivity index (χ1) is 9.99. The average Bonchev–Trinajstić information content (AvgIpc) is 2.71. The number of carbonyl (C=O) groups excluding carboxylic acids is 2. The number of halogens is 3. The summed E-state index contributed by atoms with van der Waals surface area (Å²) in [7, 11) is 0. The molecule has 1 amide bonds. The Morgan fingerprint density at radius 1 is 0.952 bits per heavy atom. The quantitative estimate of drug-likeness (QED) is 0.524. The van der Waals surface area contributed by atoms with E-state index in [4.69, 9.17) is 23.2 Å². The molecule has 0 spiro atoms. The number of fused-ring (bicyclic) bond motifs is 1. The van der Waals surface area contributed by atoms with Crippen LogP contribution in [0.5, 0.6) is 0 Å². The summed E-state index contributed by atoms with van der Waals surface area (Å²) in [5.74, 6) is -1.21. The van der Waals surface area contributed by atoms with Crippen molar-refractivity contribution in [2.75, 3.05) is 4.90 Å². The number of anilines is 1. The van der Waals surface area contributed by atoms with Gasteiger partial charge >= 0.3 is 0 Å². The molecule has 0 bridgehead atoms. The van der Waals surface area contributed by atoms with Gasteiger partial charge in [-0.15, -0.1) is 0 Å². The van der Waals surface area contributed by atoms with Gasteiger partial charge in [0.1, 0.15) is 0 Å². The van der Waals surface area contributed by atoms with E-state index >= 15 is 0 Å². The van der Waals surface area contributed by atoms with E-state index in [1.54, 1.807) is 6.07 Å². The molecular formula is C15H8Cl2INO2. The molecule has 106 valence electrons. The third kappa shape index (κ3) is 2.56. The van der Waals surface area contributed by atoms with Crippen LogP contribution in [0.3, 0.4) is 0 Å². The first-order valence-electron chi connectivity index (χ1n) is 6.07. The molecule has 2 aromatic carbocycles. The van der Waals surface area contributed by atoms with Gasteiger partial charge in [0.25, 0.3) is 11.7 Å². The van der Waals surface area contributed by atoms with E-state index < -0.39 is 11.7 Å². The summed E-state index contributed by atoms with van der Waals surface area (Å²) in [4.78, 5) is 25.7. The van der Waals surface area contributed by atoms with Crippen LogP contribution in [0.25, 0.3) is 0 Å². The highest BCUT2D eigenvalue weighted by molar-refractivity contribution is 14.1. The summed E-state index contributed by atoms with van der Waals surface area (Å²) in [6.07, 6.45) is 0. The molecule has 0 aliphatic carbocycles. The number of Topliss-reactive ketones (excluding diaryl/α,β-unsaturated/α-hetero) is 1. The predicted molar refractivity (Wildman–Crippen MR) is 91.1 cm³/mol. The number of nitrogens with zero attached hydrogens (tertiary/aromatic N) is 1. The van der Waals surface area contributed by atoms with Crippen molar-refractivity contribution in [2.45, 2.75) is 6.54 Å². The van der Waals surface area contributed by atoms with Crippen LogP contribution in [-0.2, 0) is 11.3 Å². The van der Waals surface area contributed by atoms with Crippen molar-refractivity contribution < 1.29 is 9.59 Å². The van der Waals surface area contributed by atoms with Crippen LogP contribution in [0.15, 0.2) is 36.4 Å². The fraction of sp³-hybridized carbons (Fsp3) is 0.0667. The van der Waals surface area contributed by atoms with Gasteiger partial charge in [-0.05, 0) is 52.4 Å². The van der Waals surface area contributed by atoms with Crippen molar-refractivity contribution >= 4 is 63.2 Å². The van der Waals surface area contributed by atoms with E-state index in [-0.39, 0.29) is 17.1 Å². The maximum absolute atomic E-state index is 12.2. The topological polar surface area (TPSA) is 37.4 Å². The highest BCUT2D eigenvalue weighted by Crippen LogP contribution is 2.40. The van der Waals surface area contributed by atoms with Crippen LogP contribution in [0.2, 0.25) is 10.0 Å². The third-order valence-corrected chi connectivity index (χ3v) is 4.61. The summed E-state index contributed by atoms with van der Waals surface area (Å²) in [6.45, 7) is 0.286. The largest absolute Gasteiger partial charge is 0.299 e. The number of ketones is 1. The van der Waals surface area contributed by atoms with Crippen LogP contribution in [-0.4, -0.2) is 11.7 Å². The minimum Gasteiger partial charge on any atom is -0.299 e. The molecule has 1 aliphatic heterocycles.